The van der Waals surface area contributed by atoms with Crippen LogP contribution >= 0.6 is 11.6 Å². The smallest absolute Gasteiger partial charge is 0.258 e. The number of hydrogen-bond donors (Lipinski definition) is 1. The van der Waals surface area contributed by atoms with Crippen LogP contribution in [0.3, 0.4) is 0 Å². The molecular formula is C12H12ClN3O2. The first kappa shape index (κ1) is 12.6. The number of halogens is 1. The fourth-order valence-electron chi connectivity index (χ4n) is 1.35. The first-order valence-corrected chi connectivity index (χ1v) is 5.83. The van der Waals surface area contributed by atoms with E-state index in [0.717, 1.165) is 5.69 Å². The van der Waals surface area contributed by atoms with Gasteiger partial charge in [-0.05, 0) is 18.1 Å². The SMILES string of the molecule is CC(C)c1cc(NC(=O)c2ccnc(Cl)c2)on1. The molecule has 2 heterocycles. The molecule has 0 aliphatic heterocycles. The van der Waals surface area contributed by atoms with Crippen molar-refractivity contribution in [2.45, 2.75) is 19.8 Å². The van der Waals surface area contributed by atoms with E-state index in [1.54, 1.807) is 12.1 Å². The Balaban J connectivity index is 2.11. The Bertz CT molecular complexity index is 566. The van der Waals surface area contributed by atoms with E-state index in [2.05, 4.69) is 15.5 Å². The van der Waals surface area contributed by atoms with E-state index in [1.807, 2.05) is 13.8 Å². The minimum Gasteiger partial charge on any atom is -0.338 e. The molecule has 1 amide bonds. The molecule has 2 aromatic rings. The molecule has 0 aromatic carbocycles. The molecule has 2 aromatic heterocycles. The van der Waals surface area contributed by atoms with E-state index in [9.17, 15) is 4.79 Å². The Labute approximate surface area is 109 Å². The topological polar surface area (TPSA) is 68.0 Å². The fraction of sp³-hybridized carbons (Fsp3) is 0.250. The number of amides is 1. The molecule has 0 spiro atoms. The molecular weight excluding hydrogens is 254 g/mol. The zero-order valence-electron chi connectivity index (χ0n) is 9.98. The summed E-state index contributed by atoms with van der Waals surface area (Å²) in [5.74, 6) is 0.247. The van der Waals surface area contributed by atoms with Crippen LogP contribution < -0.4 is 5.32 Å². The van der Waals surface area contributed by atoms with E-state index in [4.69, 9.17) is 16.1 Å². The highest BCUT2D eigenvalue weighted by Gasteiger charge is 2.12. The predicted octanol–water partition coefficient (Wildman–Crippen LogP) is 3.10. The summed E-state index contributed by atoms with van der Waals surface area (Å²) in [4.78, 5) is 15.7. The van der Waals surface area contributed by atoms with Crippen LogP contribution in [0.4, 0.5) is 5.88 Å². The van der Waals surface area contributed by atoms with Gasteiger partial charge in [0, 0.05) is 17.8 Å². The van der Waals surface area contributed by atoms with Gasteiger partial charge in [-0.3, -0.25) is 10.1 Å². The summed E-state index contributed by atoms with van der Waals surface area (Å²) in [5.41, 5.74) is 1.20. The molecule has 0 aliphatic carbocycles. The number of nitrogens with one attached hydrogen (secondary N) is 1. The van der Waals surface area contributed by atoms with E-state index in [0.29, 0.717) is 11.4 Å². The first-order chi connectivity index (χ1) is 8.56. The summed E-state index contributed by atoms with van der Waals surface area (Å²) in [7, 11) is 0. The Morgan fingerprint density at radius 3 is 2.83 bits per heavy atom. The molecule has 0 atom stereocenters. The van der Waals surface area contributed by atoms with Gasteiger partial charge in [0.25, 0.3) is 5.91 Å². The lowest BCUT2D eigenvalue weighted by molar-refractivity contribution is 0.102. The van der Waals surface area contributed by atoms with Crippen molar-refractivity contribution in [1.29, 1.82) is 0 Å². The second-order valence-corrected chi connectivity index (χ2v) is 4.48. The minimum absolute atomic E-state index is 0.245. The van der Waals surface area contributed by atoms with Crippen molar-refractivity contribution >= 4 is 23.4 Å². The first-order valence-electron chi connectivity index (χ1n) is 5.46. The Morgan fingerprint density at radius 2 is 2.22 bits per heavy atom. The maximum absolute atomic E-state index is 11.9. The van der Waals surface area contributed by atoms with Crippen molar-refractivity contribution in [3.8, 4) is 0 Å². The molecule has 0 radical (unpaired) electrons. The van der Waals surface area contributed by atoms with Crippen LogP contribution in [0.15, 0.2) is 28.9 Å². The molecule has 0 saturated heterocycles. The molecule has 18 heavy (non-hydrogen) atoms. The molecule has 94 valence electrons. The molecule has 6 heteroatoms. The Hall–Kier alpha value is -1.88. The summed E-state index contributed by atoms with van der Waals surface area (Å²) in [6.45, 7) is 3.98. The highest BCUT2D eigenvalue weighted by atomic mass is 35.5. The van der Waals surface area contributed by atoms with E-state index >= 15 is 0 Å². The van der Waals surface area contributed by atoms with Crippen LogP contribution in [0.25, 0.3) is 0 Å². The number of anilines is 1. The standard InChI is InChI=1S/C12H12ClN3O2/c1-7(2)9-6-11(18-16-9)15-12(17)8-3-4-14-10(13)5-8/h3-7H,1-2H3,(H,15,17). The van der Waals surface area contributed by atoms with Crippen molar-refractivity contribution in [2.24, 2.45) is 0 Å². The minimum atomic E-state index is -0.314. The largest absolute Gasteiger partial charge is 0.338 e. The number of rotatable bonds is 3. The lowest BCUT2D eigenvalue weighted by Gasteiger charge is -2.00. The number of hydrogen-bond acceptors (Lipinski definition) is 4. The third-order valence-electron chi connectivity index (χ3n) is 2.35. The van der Waals surface area contributed by atoms with Crippen LogP contribution in [0.1, 0.15) is 35.8 Å². The number of carbonyl (C=O) groups excluding carboxylic acids is 1. The highest BCUT2D eigenvalue weighted by molar-refractivity contribution is 6.29. The molecule has 0 bridgehead atoms. The third-order valence-corrected chi connectivity index (χ3v) is 2.55. The summed E-state index contributed by atoms with van der Waals surface area (Å²) >= 11 is 5.71. The Morgan fingerprint density at radius 1 is 1.44 bits per heavy atom. The summed E-state index contributed by atoms with van der Waals surface area (Å²) in [5, 5.41) is 6.72. The molecule has 1 N–H and O–H groups in total. The van der Waals surface area contributed by atoms with E-state index < -0.39 is 0 Å². The second kappa shape index (κ2) is 5.18. The number of aromatic nitrogens is 2. The van der Waals surface area contributed by atoms with Gasteiger partial charge in [0.05, 0.1) is 5.69 Å². The van der Waals surface area contributed by atoms with Gasteiger partial charge in [-0.2, -0.15) is 0 Å². The van der Waals surface area contributed by atoms with Gasteiger partial charge in [0.2, 0.25) is 5.88 Å². The van der Waals surface area contributed by atoms with E-state index in [-0.39, 0.29) is 17.0 Å². The van der Waals surface area contributed by atoms with E-state index in [1.165, 1.54) is 12.3 Å². The van der Waals surface area contributed by atoms with Gasteiger partial charge in [-0.1, -0.05) is 30.6 Å². The molecule has 0 aliphatic rings. The Kier molecular flexibility index (Phi) is 3.62. The summed E-state index contributed by atoms with van der Waals surface area (Å²) < 4.78 is 5.02. The molecule has 0 saturated carbocycles. The van der Waals surface area contributed by atoms with Crippen LogP contribution in [-0.4, -0.2) is 16.0 Å². The third kappa shape index (κ3) is 2.87. The molecule has 5 nitrogen and oxygen atoms in total. The number of nitrogens with zero attached hydrogens (tertiary/aromatic N) is 2. The maximum Gasteiger partial charge on any atom is 0.258 e. The van der Waals surface area contributed by atoms with Crippen LogP contribution in [0.2, 0.25) is 5.15 Å². The van der Waals surface area contributed by atoms with Gasteiger partial charge in [0.1, 0.15) is 5.15 Å². The van der Waals surface area contributed by atoms with Crippen molar-refractivity contribution in [2.75, 3.05) is 5.32 Å². The quantitative estimate of drug-likeness (QED) is 0.866. The summed E-state index contributed by atoms with van der Waals surface area (Å²) in [6.07, 6.45) is 1.47. The van der Waals surface area contributed by atoms with Crippen LogP contribution in [0.5, 0.6) is 0 Å². The molecule has 0 unspecified atom stereocenters. The van der Waals surface area contributed by atoms with Gasteiger partial charge >= 0.3 is 0 Å². The lowest BCUT2D eigenvalue weighted by Crippen LogP contribution is -2.11. The average molecular weight is 266 g/mol. The zero-order valence-corrected chi connectivity index (χ0v) is 10.7. The maximum atomic E-state index is 11.9. The van der Waals surface area contributed by atoms with Crippen molar-refractivity contribution < 1.29 is 9.32 Å². The molecule has 0 fully saturated rings. The van der Waals surface area contributed by atoms with Crippen molar-refractivity contribution in [3.05, 3.63) is 40.8 Å². The van der Waals surface area contributed by atoms with Crippen molar-refractivity contribution in [3.63, 3.8) is 0 Å². The lowest BCUT2D eigenvalue weighted by atomic mass is 10.1. The van der Waals surface area contributed by atoms with Crippen LogP contribution in [0, 0.1) is 0 Å². The van der Waals surface area contributed by atoms with Gasteiger partial charge in [-0.25, -0.2) is 4.98 Å². The summed E-state index contributed by atoms with van der Waals surface area (Å²) in [6, 6.07) is 4.75. The van der Waals surface area contributed by atoms with Gasteiger partial charge in [0.15, 0.2) is 0 Å². The fourth-order valence-corrected chi connectivity index (χ4v) is 1.52. The van der Waals surface area contributed by atoms with Gasteiger partial charge < -0.3 is 4.52 Å². The second-order valence-electron chi connectivity index (χ2n) is 4.09. The van der Waals surface area contributed by atoms with Crippen molar-refractivity contribution in [1.82, 2.24) is 10.1 Å². The highest BCUT2D eigenvalue weighted by Crippen LogP contribution is 2.18. The monoisotopic (exact) mass is 265 g/mol. The molecule has 2 rings (SSSR count). The normalized spacial score (nSPS) is 10.7. The predicted molar refractivity (Wildman–Crippen MR) is 67.8 cm³/mol. The number of pyridine rings is 1. The van der Waals surface area contributed by atoms with Gasteiger partial charge in [-0.15, -0.1) is 0 Å². The zero-order chi connectivity index (χ0) is 13.1. The van der Waals surface area contributed by atoms with Crippen LogP contribution in [-0.2, 0) is 0 Å². The number of carbonyl (C=O) groups is 1. The average Bonchev–Trinajstić information content (AvgIpc) is 2.77.